The van der Waals surface area contributed by atoms with Gasteiger partial charge in [0.15, 0.2) is 0 Å². The average molecular weight is 283 g/mol. The third-order valence-corrected chi connectivity index (χ3v) is 3.15. The maximum absolute atomic E-state index is 12.6. The van der Waals surface area contributed by atoms with Gasteiger partial charge >= 0.3 is 6.18 Å². The summed E-state index contributed by atoms with van der Waals surface area (Å²) >= 11 is 0. The van der Waals surface area contributed by atoms with Crippen LogP contribution < -0.4 is 5.32 Å². The van der Waals surface area contributed by atoms with Crippen molar-refractivity contribution in [3.8, 4) is 0 Å². The average Bonchev–Trinajstić information content (AvgIpc) is 2.26. The SMILES string of the molecule is O=C(CS(=O)c1ccc(F)cc1)NCC(F)(F)F. The van der Waals surface area contributed by atoms with Crippen LogP contribution in [-0.2, 0) is 15.6 Å². The first-order valence-electron chi connectivity index (χ1n) is 4.75. The smallest absolute Gasteiger partial charge is 0.346 e. The van der Waals surface area contributed by atoms with E-state index in [9.17, 15) is 26.6 Å². The van der Waals surface area contributed by atoms with E-state index in [-0.39, 0.29) is 4.90 Å². The van der Waals surface area contributed by atoms with Crippen molar-refractivity contribution in [1.82, 2.24) is 5.32 Å². The van der Waals surface area contributed by atoms with Crippen molar-refractivity contribution in [2.45, 2.75) is 11.1 Å². The zero-order chi connectivity index (χ0) is 13.8. The van der Waals surface area contributed by atoms with E-state index in [0.29, 0.717) is 0 Å². The summed E-state index contributed by atoms with van der Waals surface area (Å²) in [7, 11) is -1.80. The maximum atomic E-state index is 12.6. The predicted octanol–water partition coefficient (Wildman–Crippen LogP) is 1.61. The van der Waals surface area contributed by atoms with Crippen LogP contribution in [0.1, 0.15) is 0 Å². The second kappa shape index (κ2) is 5.94. The van der Waals surface area contributed by atoms with Crippen LogP contribution in [0.15, 0.2) is 29.2 Å². The lowest BCUT2D eigenvalue weighted by Gasteiger charge is -2.08. The molecule has 0 heterocycles. The molecule has 0 saturated heterocycles. The van der Waals surface area contributed by atoms with Crippen molar-refractivity contribution >= 4 is 16.7 Å². The number of halogens is 4. The molecule has 3 nitrogen and oxygen atoms in total. The van der Waals surface area contributed by atoms with Crippen LogP contribution in [0.2, 0.25) is 0 Å². The molecule has 1 unspecified atom stereocenters. The molecule has 0 aliphatic heterocycles. The summed E-state index contributed by atoms with van der Waals surface area (Å²) in [6.45, 7) is -1.47. The Morgan fingerprint density at radius 3 is 2.28 bits per heavy atom. The number of hydrogen-bond acceptors (Lipinski definition) is 2. The summed E-state index contributed by atoms with van der Waals surface area (Å²) in [5, 5.41) is 1.60. The minimum Gasteiger partial charge on any atom is -0.346 e. The van der Waals surface area contributed by atoms with Gasteiger partial charge in [-0.1, -0.05) is 0 Å². The molecule has 18 heavy (non-hydrogen) atoms. The Bertz CT molecular complexity index is 444. The molecular weight excluding hydrogens is 274 g/mol. The highest BCUT2D eigenvalue weighted by atomic mass is 32.2. The van der Waals surface area contributed by atoms with Crippen LogP contribution in [0.4, 0.5) is 17.6 Å². The molecule has 1 N–H and O–H groups in total. The maximum Gasteiger partial charge on any atom is 0.405 e. The number of amides is 1. The van der Waals surface area contributed by atoms with Gasteiger partial charge in [0.1, 0.15) is 18.1 Å². The van der Waals surface area contributed by atoms with Crippen LogP contribution in [0, 0.1) is 5.82 Å². The normalized spacial score (nSPS) is 13.1. The quantitative estimate of drug-likeness (QED) is 0.853. The van der Waals surface area contributed by atoms with Gasteiger partial charge in [-0.05, 0) is 24.3 Å². The molecule has 0 aromatic heterocycles. The molecule has 1 aromatic rings. The van der Waals surface area contributed by atoms with Gasteiger partial charge in [-0.2, -0.15) is 13.2 Å². The van der Waals surface area contributed by atoms with Crippen molar-refractivity contribution in [3.63, 3.8) is 0 Å². The Morgan fingerprint density at radius 1 is 1.22 bits per heavy atom. The van der Waals surface area contributed by atoms with Gasteiger partial charge in [0.05, 0.1) is 10.8 Å². The second-order valence-corrected chi connectivity index (χ2v) is 4.79. The first kappa shape index (κ1) is 14.6. The summed E-state index contributed by atoms with van der Waals surface area (Å²) in [4.78, 5) is 11.2. The van der Waals surface area contributed by atoms with Crippen LogP contribution in [0.5, 0.6) is 0 Å². The van der Waals surface area contributed by atoms with Crippen molar-refractivity contribution in [1.29, 1.82) is 0 Å². The zero-order valence-electron chi connectivity index (χ0n) is 8.96. The fourth-order valence-corrected chi connectivity index (χ4v) is 1.99. The van der Waals surface area contributed by atoms with Crippen molar-refractivity contribution in [3.05, 3.63) is 30.1 Å². The number of alkyl halides is 3. The molecule has 1 atom stereocenters. The third-order valence-electron chi connectivity index (χ3n) is 1.82. The predicted molar refractivity (Wildman–Crippen MR) is 56.7 cm³/mol. The highest BCUT2D eigenvalue weighted by molar-refractivity contribution is 7.85. The number of benzene rings is 1. The monoisotopic (exact) mass is 283 g/mol. The first-order valence-corrected chi connectivity index (χ1v) is 6.07. The number of carbonyl (C=O) groups is 1. The topological polar surface area (TPSA) is 46.2 Å². The minimum atomic E-state index is -4.51. The summed E-state index contributed by atoms with van der Waals surface area (Å²) in [6, 6.07) is 4.53. The van der Waals surface area contributed by atoms with Gasteiger partial charge < -0.3 is 5.32 Å². The van der Waals surface area contributed by atoms with E-state index in [0.717, 1.165) is 12.1 Å². The van der Waals surface area contributed by atoms with Gasteiger partial charge in [-0.15, -0.1) is 0 Å². The lowest BCUT2D eigenvalue weighted by molar-refractivity contribution is -0.136. The number of hydrogen-bond donors (Lipinski definition) is 1. The standard InChI is InChI=1S/C10H9F4NO2S/c11-7-1-3-8(4-2-7)18(17)5-9(16)15-6-10(12,13)14/h1-4H,5-6H2,(H,15,16). The second-order valence-electron chi connectivity index (χ2n) is 3.34. The van der Waals surface area contributed by atoms with Gasteiger partial charge in [0, 0.05) is 4.90 Å². The van der Waals surface area contributed by atoms with E-state index in [4.69, 9.17) is 0 Å². The van der Waals surface area contributed by atoms with E-state index in [1.807, 2.05) is 0 Å². The summed E-state index contributed by atoms with van der Waals surface area (Å²) in [5.74, 6) is -2.10. The van der Waals surface area contributed by atoms with E-state index < -0.39 is 41.0 Å². The Hall–Kier alpha value is -1.44. The van der Waals surface area contributed by atoms with Crippen LogP contribution >= 0.6 is 0 Å². The molecular formula is C10H9F4NO2S. The molecule has 1 aromatic carbocycles. The summed E-state index contributed by atoms with van der Waals surface area (Å²) < 4.78 is 59.5. The lowest BCUT2D eigenvalue weighted by Crippen LogP contribution is -2.36. The molecule has 0 bridgehead atoms. The molecule has 0 fully saturated rings. The fraction of sp³-hybridized carbons (Fsp3) is 0.300. The first-order chi connectivity index (χ1) is 8.28. The van der Waals surface area contributed by atoms with Crippen LogP contribution in [-0.4, -0.2) is 28.6 Å². The van der Waals surface area contributed by atoms with Gasteiger partial charge in [-0.3, -0.25) is 9.00 Å². The lowest BCUT2D eigenvalue weighted by atomic mass is 10.4. The van der Waals surface area contributed by atoms with E-state index in [2.05, 4.69) is 0 Å². The minimum absolute atomic E-state index is 0.179. The molecule has 0 aliphatic rings. The molecule has 1 rings (SSSR count). The highest BCUT2D eigenvalue weighted by Crippen LogP contribution is 2.12. The fourth-order valence-electron chi connectivity index (χ4n) is 1.04. The van der Waals surface area contributed by atoms with Crippen molar-refractivity contribution in [2.24, 2.45) is 0 Å². The van der Waals surface area contributed by atoms with Gasteiger partial charge in [0.2, 0.25) is 5.91 Å². The molecule has 0 aliphatic carbocycles. The van der Waals surface area contributed by atoms with E-state index in [1.54, 1.807) is 5.32 Å². The summed E-state index contributed by atoms with van der Waals surface area (Å²) in [5.41, 5.74) is 0. The Labute approximate surface area is 103 Å². The number of rotatable bonds is 4. The van der Waals surface area contributed by atoms with Crippen LogP contribution in [0.3, 0.4) is 0 Å². The molecule has 0 saturated carbocycles. The molecule has 0 spiro atoms. The largest absolute Gasteiger partial charge is 0.405 e. The zero-order valence-corrected chi connectivity index (χ0v) is 9.78. The third kappa shape index (κ3) is 5.26. The Morgan fingerprint density at radius 2 is 1.78 bits per heavy atom. The Kier molecular flexibility index (Phi) is 4.83. The number of nitrogens with one attached hydrogen (secondary N) is 1. The molecule has 0 radical (unpaired) electrons. The highest BCUT2D eigenvalue weighted by Gasteiger charge is 2.27. The van der Waals surface area contributed by atoms with Gasteiger partial charge in [0.25, 0.3) is 0 Å². The molecule has 8 heteroatoms. The van der Waals surface area contributed by atoms with Crippen molar-refractivity contribution < 1.29 is 26.6 Å². The van der Waals surface area contributed by atoms with E-state index >= 15 is 0 Å². The van der Waals surface area contributed by atoms with Crippen molar-refractivity contribution in [2.75, 3.05) is 12.3 Å². The van der Waals surface area contributed by atoms with Crippen LogP contribution in [0.25, 0.3) is 0 Å². The number of carbonyl (C=O) groups excluding carboxylic acids is 1. The molecule has 1 amide bonds. The summed E-state index contributed by atoms with van der Waals surface area (Å²) in [6.07, 6.45) is -4.51. The Balaban J connectivity index is 2.50. The van der Waals surface area contributed by atoms with Gasteiger partial charge in [-0.25, -0.2) is 4.39 Å². The molecule has 100 valence electrons. The van der Waals surface area contributed by atoms with E-state index in [1.165, 1.54) is 12.1 Å².